The predicted octanol–water partition coefficient (Wildman–Crippen LogP) is 3.30. The molecule has 0 atom stereocenters. The number of rotatable bonds is 3. The van der Waals surface area contributed by atoms with Gasteiger partial charge in [0.05, 0.1) is 0 Å². The van der Waals surface area contributed by atoms with Crippen molar-refractivity contribution in [3.05, 3.63) is 34.9 Å². The van der Waals surface area contributed by atoms with E-state index in [1.54, 1.807) is 0 Å². The monoisotopic (exact) mass is 314 g/mol. The molecule has 3 heteroatoms. The molecule has 3 rings (SSSR count). The van der Waals surface area contributed by atoms with Crippen molar-refractivity contribution in [2.45, 2.75) is 65.5 Å². The smallest absolute Gasteiger partial charge is 0.225 e. The molecule has 3 nitrogen and oxygen atoms in total. The minimum absolute atomic E-state index is 0.114. The fourth-order valence-electron chi connectivity index (χ4n) is 3.47. The van der Waals surface area contributed by atoms with Crippen LogP contribution in [0.15, 0.2) is 18.2 Å². The molecule has 1 saturated carbocycles. The third kappa shape index (κ3) is 3.95. The highest BCUT2D eigenvalue weighted by molar-refractivity contribution is 5.81. The minimum atomic E-state index is -0.324. The summed E-state index contributed by atoms with van der Waals surface area (Å²) in [5, 5.41) is 3.06. The molecule has 126 valence electrons. The van der Waals surface area contributed by atoms with Gasteiger partial charge < -0.3 is 5.32 Å². The van der Waals surface area contributed by atoms with Crippen LogP contribution in [0.3, 0.4) is 0 Å². The Kier molecular flexibility index (Phi) is 4.77. The average molecular weight is 314 g/mol. The molecule has 1 aromatic rings. The first-order valence-corrected chi connectivity index (χ1v) is 9.06. The maximum atomic E-state index is 12.0. The lowest BCUT2D eigenvalue weighted by Gasteiger charge is -2.36. The van der Waals surface area contributed by atoms with E-state index < -0.39 is 0 Å². The molecule has 0 bridgehead atoms. The van der Waals surface area contributed by atoms with E-state index in [1.165, 1.54) is 55.5 Å². The third-order valence-corrected chi connectivity index (χ3v) is 5.33. The Hall–Kier alpha value is -1.35. The van der Waals surface area contributed by atoms with Crippen molar-refractivity contribution < 1.29 is 4.79 Å². The van der Waals surface area contributed by atoms with Crippen LogP contribution >= 0.6 is 0 Å². The van der Waals surface area contributed by atoms with Gasteiger partial charge in [-0.1, -0.05) is 45.4 Å². The van der Waals surface area contributed by atoms with E-state index in [9.17, 15) is 4.79 Å². The molecule has 0 aromatic heterocycles. The van der Waals surface area contributed by atoms with Gasteiger partial charge in [0, 0.05) is 31.1 Å². The lowest BCUT2D eigenvalue weighted by molar-refractivity contribution is -0.128. The lowest BCUT2D eigenvalue weighted by atomic mass is 9.91. The molecule has 1 amide bonds. The Morgan fingerprint density at radius 1 is 1.17 bits per heavy atom. The summed E-state index contributed by atoms with van der Waals surface area (Å²) in [6.07, 6.45) is 6.50. The summed E-state index contributed by atoms with van der Waals surface area (Å²) in [6.45, 7) is 8.89. The summed E-state index contributed by atoms with van der Waals surface area (Å²) in [7, 11) is 0. The SMILES string of the molecule is CC(C)(C)C(=O)NCc1ccc2c(c1)CCN(C1CCC1)CC2. The zero-order valence-electron chi connectivity index (χ0n) is 14.8. The third-order valence-electron chi connectivity index (χ3n) is 5.33. The van der Waals surface area contributed by atoms with Gasteiger partial charge in [-0.05, 0) is 42.4 Å². The number of fused-ring (bicyclic) bond motifs is 1. The number of carbonyl (C=O) groups excluding carboxylic acids is 1. The summed E-state index contributed by atoms with van der Waals surface area (Å²) >= 11 is 0. The minimum Gasteiger partial charge on any atom is -0.352 e. The number of amides is 1. The molecular formula is C20H30N2O. The van der Waals surface area contributed by atoms with Crippen LogP contribution in [0.4, 0.5) is 0 Å². The van der Waals surface area contributed by atoms with Crippen molar-refractivity contribution in [2.24, 2.45) is 5.41 Å². The molecule has 1 aliphatic heterocycles. The molecule has 0 unspecified atom stereocenters. The first-order valence-electron chi connectivity index (χ1n) is 9.06. The van der Waals surface area contributed by atoms with Crippen LogP contribution in [0.25, 0.3) is 0 Å². The van der Waals surface area contributed by atoms with Crippen LogP contribution in [-0.4, -0.2) is 29.9 Å². The van der Waals surface area contributed by atoms with E-state index in [4.69, 9.17) is 0 Å². The van der Waals surface area contributed by atoms with Crippen LogP contribution in [0.5, 0.6) is 0 Å². The Balaban J connectivity index is 1.61. The quantitative estimate of drug-likeness (QED) is 0.928. The Morgan fingerprint density at radius 3 is 2.48 bits per heavy atom. The van der Waals surface area contributed by atoms with E-state index >= 15 is 0 Å². The molecular weight excluding hydrogens is 284 g/mol. The number of carbonyl (C=O) groups is 1. The second kappa shape index (κ2) is 6.64. The fourth-order valence-corrected chi connectivity index (χ4v) is 3.47. The van der Waals surface area contributed by atoms with Crippen molar-refractivity contribution in [1.29, 1.82) is 0 Å². The summed E-state index contributed by atoms with van der Waals surface area (Å²) in [5.41, 5.74) is 3.88. The summed E-state index contributed by atoms with van der Waals surface area (Å²) in [5.74, 6) is 0.114. The number of benzene rings is 1. The lowest BCUT2D eigenvalue weighted by Crippen LogP contribution is -2.41. The number of nitrogens with one attached hydrogen (secondary N) is 1. The summed E-state index contributed by atoms with van der Waals surface area (Å²) in [6, 6.07) is 7.61. The topological polar surface area (TPSA) is 32.3 Å². The molecule has 1 aromatic carbocycles. The van der Waals surface area contributed by atoms with Crippen molar-refractivity contribution in [2.75, 3.05) is 13.1 Å². The number of hydrogen-bond acceptors (Lipinski definition) is 2. The van der Waals surface area contributed by atoms with Gasteiger partial charge in [0.2, 0.25) is 5.91 Å². The van der Waals surface area contributed by atoms with Crippen molar-refractivity contribution in [3.8, 4) is 0 Å². The van der Waals surface area contributed by atoms with Crippen molar-refractivity contribution in [1.82, 2.24) is 10.2 Å². The van der Waals surface area contributed by atoms with Gasteiger partial charge in [-0.25, -0.2) is 0 Å². The van der Waals surface area contributed by atoms with Gasteiger partial charge >= 0.3 is 0 Å². The largest absolute Gasteiger partial charge is 0.352 e. The van der Waals surface area contributed by atoms with E-state index in [2.05, 4.69) is 28.4 Å². The zero-order valence-corrected chi connectivity index (χ0v) is 14.8. The molecule has 0 saturated heterocycles. The zero-order chi connectivity index (χ0) is 16.4. The maximum absolute atomic E-state index is 12.0. The Labute approximate surface area is 140 Å². The van der Waals surface area contributed by atoms with E-state index in [0.717, 1.165) is 12.5 Å². The summed E-state index contributed by atoms with van der Waals surface area (Å²) in [4.78, 5) is 14.7. The molecule has 23 heavy (non-hydrogen) atoms. The molecule has 0 spiro atoms. The molecule has 2 aliphatic rings. The fraction of sp³-hybridized carbons (Fsp3) is 0.650. The molecule has 1 N–H and O–H groups in total. The van der Waals surface area contributed by atoms with E-state index in [1.807, 2.05) is 20.8 Å². The Morgan fingerprint density at radius 2 is 1.87 bits per heavy atom. The van der Waals surface area contributed by atoms with Gasteiger partial charge in [0.1, 0.15) is 0 Å². The molecule has 1 fully saturated rings. The highest BCUT2D eigenvalue weighted by Crippen LogP contribution is 2.27. The molecule has 0 radical (unpaired) electrons. The van der Waals surface area contributed by atoms with Crippen molar-refractivity contribution in [3.63, 3.8) is 0 Å². The van der Waals surface area contributed by atoms with Gasteiger partial charge in [-0.15, -0.1) is 0 Å². The average Bonchev–Trinajstić information content (AvgIpc) is 2.64. The normalized spacial score (nSPS) is 19.6. The first-order chi connectivity index (χ1) is 10.9. The van der Waals surface area contributed by atoms with Crippen LogP contribution in [0.2, 0.25) is 0 Å². The second-order valence-corrected chi connectivity index (χ2v) is 8.16. The van der Waals surface area contributed by atoms with Crippen LogP contribution in [-0.2, 0) is 24.2 Å². The highest BCUT2D eigenvalue weighted by atomic mass is 16.2. The van der Waals surface area contributed by atoms with E-state index in [-0.39, 0.29) is 11.3 Å². The van der Waals surface area contributed by atoms with Crippen LogP contribution in [0.1, 0.15) is 56.7 Å². The van der Waals surface area contributed by atoms with Gasteiger partial charge in [-0.3, -0.25) is 9.69 Å². The predicted molar refractivity (Wildman–Crippen MR) is 94.4 cm³/mol. The van der Waals surface area contributed by atoms with Gasteiger partial charge in [0.15, 0.2) is 0 Å². The summed E-state index contributed by atoms with van der Waals surface area (Å²) < 4.78 is 0. The van der Waals surface area contributed by atoms with Crippen LogP contribution in [0, 0.1) is 5.41 Å². The van der Waals surface area contributed by atoms with Crippen LogP contribution < -0.4 is 5.32 Å². The van der Waals surface area contributed by atoms with E-state index in [0.29, 0.717) is 6.54 Å². The molecule has 1 aliphatic carbocycles. The van der Waals surface area contributed by atoms with Gasteiger partial charge in [0.25, 0.3) is 0 Å². The first kappa shape index (κ1) is 16.5. The molecule has 1 heterocycles. The standard InChI is InChI=1S/C20H30N2O/c1-20(2,3)19(23)21-14-15-7-8-16-9-11-22(18-5-4-6-18)12-10-17(16)13-15/h7-8,13,18H,4-6,9-12,14H2,1-3H3,(H,21,23). The highest BCUT2D eigenvalue weighted by Gasteiger charge is 2.26. The second-order valence-electron chi connectivity index (χ2n) is 8.16. The van der Waals surface area contributed by atoms with Crippen molar-refractivity contribution >= 4 is 5.91 Å². The maximum Gasteiger partial charge on any atom is 0.225 e. The number of hydrogen-bond donors (Lipinski definition) is 1. The number of nitrogens with zero attached hydrogens (tertiary/aromatic N) is 1. The van der Waals surface area contributed by atoms with Gasteiger partial charge in [-0.2, -0.15) is 0 Å². The Bertz CT molecular complexity index is 569.